The molecule has 1 fully saturated rings. The second kappa shape index (κ2) is 9.92. The second-order valence-electron chi connectivity index (χ2n) is 9.53. The Hall–Kier alpha value is -2.65. The third-order valence-corrected chi connectivity index (χ3v) is 8.35. The first kappa shape index (κ1) is 24.5. The Morgan fingerprint density at radius 1 is 1.12 bits per heavy atom. The van der Waals surface area contributed by atoms with E-state index in [0.29, 0.717) is 19.5 Å². The predicted octanol–water partition coefficient (Wildman–Crippen LogP) is 3.29. The number of hydrogen-bond acceptors (Lipinski definition) is 5. The SMILES string of the molecule is CC(=O)N1c2ccc(S(=O)(=O)NCC3CCC(C(=O)NCc4ccc(C)o4)CC3)cc2C[C@@H]1C. The standard InChI is InChI=1S/C25H33N3O5S/c1-16-12-21-13-23(10-11-24(21)28(16)18(3)29)34(31,32)27-14-19-5-7-20(8-6-19)25(30)26-15-22-9-4-17(2)33-22/h4,9-11,13,16,19-20,27H,5-8,12,14-15H2,1-3H3,(H,26,30)/t16-,19?,20?/m0/s1. The molecule has 9 heteroatoms. The highest BCUT2D eigenvalue weighted by atomic mass is 32.2. The number of aryl methyl sites for hydroxylation is 1. The lowest BCUT2D eigenvalue weighted by Crippen LogP contribution is -2.36. The van der Waals surface area contributed by atoms with Crippen molar-refractivity contribution >= 4 is 27.5 Å². The van der Waals surface area contributed by atoms with Crippen molar-refractivity contribution in [3.8, 4) is 0 Å². The molecule has 0 spiro atoms. The van der Waals surface area contributed by atoms with Gasteiger partial charge in [0, 0.05) is 31.1 Å². The van der Waals surface area contributed by atoms with Gasteiger partial charge in [0.1, 0.15) is 11.5 Å². The van der Waals surface area contributed by atoms with Crippen LogP contribution in [-0.4, -0.2) is 32.8 Å². The van der Waals surface area contributed by atoms with E-state index in [4.69, 9.17) is 4.42 Å². The van der Waals surface area contributed by atoms with Crippen molar-refractivity contribution in [2.75, 3.05) is 11.4 Å². The van der Waals surface area contributed by atoms with Gasteiger partial charge in [-0.25, -0.2) is 13.1 Å². The van der Waals surface area contributed by atoms with E-state index in [9.17, 15) is 18.0 Å². The zero-order valence-electron chi connectivity index (χ0n) is 20.0. The van der Waals surface area contributed by atoms with Gasteiger partial charge < -0.3 is 14.6 Å². The minimum Gasteiger partial charge on any atom is -0.465 e. The van der Waals surface area contributed by atoms with E-state index < -0.39 is 10.0 Å². The average molecular weight is 488 g/mol. The lowest BCUT2D eigenvalue weighted by molar-refractivity contribution is -0.126. The number of rotatable bonds is 7. The molecule has 2 N–H and O–H groups in total. The van der Waals surface area contributed by atoms with Gasteiger partial charge in [0.05, 0.1) is 11.4 Å². The number of amides is 2. The largest absolute Gasteiger partial charge is 0.465 e. The zero-order valence-corrected chi connectivity index (χ0v) is 20.8. The number of anilines is 1. The summed E-state index contributed by atoms with van der Waals surface area (Å²) in [5.41, 5.74) is 1.67. The van der Waals surface area contributed by atoms with E-state index in [1.165, 1.54) is 6.92 Å². The Labute approximate surface area is 201 Å². The Kier molecular flexibility index (Phi) is 7.14. The van der Waals surface area contributed by atoms with Crippen LogP contribution in [0.5, 0.6) is 0 Å². The van der Waals surface area contributed by atoms with E-state index in [0.717, 1.165) is 48.5 Å². The molecule has 1 aliphatic carbocycles. The smallest absolute Gasteiger partial charge is 0.240 e. The molecule has 2 amide bonds. The minimum absolute atomic E-state index is 0.0222. The molecule has 0 saturated heterocycles. The second-order valence-corrected chi connectivity index (χ2v) is 11.3. The Morgan fingerprint density at radius 3 is 2.50 bits per heavy atom. The van der Waals surface area contributed by atoms with Gasteiger partial charge in [-0.2, -0.15) is 0 Å². The van der Waals surface area contributed by atoms with E-state index in [-0.39, 0.29) is 34.6 Å². The lowest BCUT2D eigenvalue weighted by Gasteiger charge is -2.27. The van der Waals surface area contributed by atoms with Crippen molar-refractivity contribution in [2.45, 2.75) is 70.4 Å². The molecule has 0 bridgehead atoms. The van der Waals surface area contributed by atoms with Crippen LogP contribution in [0.25, 0.3) is 0 Å². The number of nitrogens with zero attached hydrogens (tertiary/aromatic N) is 1. The van der Waals surface area contributed by atoms with E-state index in [1.54, 1.807) is 23.1 Å². The van der Waals surface area contributed by atoms with E-state index in [1.807, 2.05) is 26.0 Å². The maximum absolute atomic E-state index is 12.9. The maximum Gasteiger partial charge on any atom is 0.240 e. The molecule has 184 valence electrons. The van der Waals surface area contributed by atoms with Gasteiger partial charge in [0.15, 0.2) is 0 Å². The van der Waals surface area contributed by atoms with Crippen LogP contribution in [0.4, 0.5) is 5.69 Å². The van der Waals surface area contributed by atoms with Crippen LogP contribution in [0.3, 0.4) is 0 Å². The van der Waals surface area contributed by atoms with Gasteiger partial charge in [0.25, 0.3) is 0 Å². The molecule has 1 aromatic heterocycles. The summed E-state index contributed by atoms with van der Waals surface area (Å²) in [6, 6.07) is 8.73. The first-order valence-electron chi connectivity index (χ1n) is 11.9. The topological polar surface area (TPSA) is 109 Å². The van der Waals surface area contributed by atoms with Crippen LogP contribution < -0.4 is 14.9 Å². The van der Waals surface area contributed by atoms with Crippen LogP contribution in [0.15, 0.2) is 39.6 Å². The highest BCUT2D eigenvalue weighted by Crippen LogP contribution is 2.34. The highest BCUT2D eigenvalue weighted by molar-refractivity contribution is 7.89. The molecule has 2 aromatic rings. The molecule has 1 aromatic carbocycles. The Bertz CT molecular complexity index is 1160. The molecule has 2 aliphatic rings. The van der Waals surface area contributed by atoms with Gasteiger partial charge in [-0.3, -0.25) is 9.59 Å². The third kappa shape index (κ3) is 5.36. The molecule has 1 atom stereocenters. The summed E-state index contributed by atoms with van der Waals surface area (Å²) in [5.74, 6) is 1.70. The molecule has 4 rings (SSSR count). The van der Waals surface area contributed by atoms with Crippen LogP contribution in [0.1, 0.15) is 56.6 Å². The summed E-state index contributed by atoms with van der Waals surface area (Å²) in [6.45, 7) is 6.09. The summed E-state index contributed by atoms with van der Waals surface area (Å²) in [4.78, 5) is 26.3. The van der Waals surface area contributed by atoms with Gasteiger partial charge in [-0.1, -0.05) is 0 Å². The minimum atomic E-state index is -3.65. The Morgan fingerprint density at radius 2 is 1.85 bits per heavy atom. The van der Waals surface area contributed by atoms with Crippen LogP contribution in [-0.2, 0) is 32.6 Å². The number of hydrogen-bond donors (Lipinski definition) is 2. The first-order valence-corrected chi connectivity index (χ1v) is 13.4. The zero-order chi connectivity index (χ0) is 24.5. The number of benzene rings is 1. The summed E-state index contributed by atoms with van der Waals surface area (Å²) >= 11 is 0. The van der Waals surface area contributed by atoms with Gasteiger partial charge in [0.2, 0.25) is 21.8 Å². The van der Waals surface area contributed by atoms with Crippen molar-refractivity contribution in [1.29, 1.82) is 0 Å². The van der Waals surface area contributed by atoms with E-state index in [2.05, 4.69) is 10.0 Å². The van der Waals surface area contributed by atoms with Crippen molar-refractivity contribution in [3.05, 3.63) is 47.4 Å². The van der Waals surface area contributed by atoms with Crippen LogP contribution in [0.2, 0.25) is 0 Å². The fraction of sp³-hybridized carbons (Fsp3) is 0.520. The number of nitrogens with one attached hydrogen (secondary N) is 2. The normalized spacial score (nSPS) is 22.4. The number of fused-ring (bicyclic) bond motifs is 1. The fourth-order valence-corrected chi connectivity index (χ4v) is 6.26. The van der Waals surface area contributed by atoms with Crippen molar-refractivity contribution in [3.63, 3.8) is 0 Å². The molecule has 1 saturated carbocycles. The number of furan rings is 1. The van der Waals surface area contributed by atoms with Crippen molar-refractivity contribution in [1.82, 2.24) is 10.0 Å². The molecular weight excluding hydrogens is 454 g/mol. The average Bonchev–Trinajstić information content (AvgIpc) is 3.37. The van der Waals surface area contributed by atoms with Gasteiger partial charge in [-0.05, 0) is 87.8 Å². The molecule has 0 unspecified atom stereocenters. The predicted molar refractivity (Wildman–Crippen MR) is 129 cm³/mol. The van der Waals surface area contributed by atoms with Crippen molar-refractivity contribution in [2.24, 2.45) is 11.8 Å². The molecule has 1 aliphatic heterocycles. The Balaban J connectivity index is 1.27. The van der Waals surface area contributed by atoms with Crippen LogP contribution in [0, 0.1) is 18.8 Å². The van der Waals surface area contributed by atoms with Crippen molar-refractivity contribution < 1.29 is 22.4 Å². The summed E-state index contributed by atoms with van der Waals surface area (Å²) in [5, 5.41) is 2.94. The quantitative estimate of drug-likeness (QED) is 0.623. The molecule has 34 heavy (non-hydrogen) atoms. The van der Waals surface area contributed by atoms with Gasteiger partial charge >= 0.3 is 0 Å². The lowest BCUT2D eigenvalue weighted by atomic mass is 9.81. The molecular formula is C25H33N3O5S. The number of carbonyl (C=O) groups is 2. The maximum atomic E-state index is 12.9. The highest BCUT2D eigenvalue weighted by Gasteiger charge is 2.31. The summed E-state index contributed by atoms with van der Waals surface area (Å²) in [7, 11) is -3.65. The van der Waals surface area contributed by atoms with Crippen LogP contribution >= 0.6 is 0 Å². The first-order chi connectivity index (χ1) is 16.1. The molecule has 2 heterocycles. The van der Waals surface area contributed by atoms with Gasteiger partial charge in [-0.15, -0.1) is 0 Å². The fourth-order valence-electron chi connectivity index (χ4n) is 5.09. The molecule has 0 radical (unpaired) electrons. The summed E-state index contributed by atoms with van der Waals surface area (Å²) < 4.78 is 34.0. The third-order valence-electron chi connectivity index (χ3n) is 6.93. The monoisotopic (exact) mass is 487 g/mol. The molecule has 8 nitrogen and oxygen atoms in total. The number of sulfonamides is 1. The van der Waals surface area contributed by atoms with E-state index >= 15 is 0 Å². The number of carbonyl (C=O) groups excluding carboxylic acids is 2. The summed E-state index contributed by atoms with van der Waals surface area (Å²) in [6.07, 6.45) is 3.73.